The Labute approximate surface area is 228 Å². The third-order valence-corrected chi connectivity index (χ3v) is 7.44. The van der Waals surface area contributed by atoms with Gasteiger partial charge in [-0.2, -0.15) is 0 Å². The van der Waals surface area contributed by atoms with Crippen molar-refractivity contribution in [2.75, 3.05) is 5.32 Å². The Morgan fingerprint density at radius 1 is 0.947 bits per heavy atom. The maximum absolute atomic E-state index is 13.5. The van der Waals surface area contributed by atoms with Gasteiger partial charge in [0, 0.05) is 28.4 Å². The van der Waals surface area contributed by atoms with Gasteiger partial charge in [-0.1, -0.05) is 71.8 Å². The van der Waals surface area contributed by atoms with Gasteiger partial charge in [0.05, 0.1) is 16.1 Å². The molecule has 0 bridgehead atoms. The predicted octanol–water partition coefficient (Wildman–Crippen LogP) is 8.42. The Hall–Kier alpha value is -4.26. The van der Waals surface area contributed by atoms with E-state index in [2.05, 4.69) is 41.5 Å². The molecule has 1 amide bonds. The lowest BCUT2D eigenvalue weighted by molar-refractivity contribution is 0.102. The Balaban J connectivity index is 1.30. The lowest BCUT2D eigenvalue weighted by atomic mass is 10.1. The van der Waals surface area contributed by atoms with E-state index < -0.39 is 0 Å². The number of para-hydroxylation sites is 1. The van der Waals surface area contributed by atoms with Crippen LogP contribution in [0.4, 0.5) is 5.13 Å². The van der Waals surface area contributed by atoms with Crippen molar-refractivity contribution < 1.29 is 9.21 Å². The molecule has 3 aromatic carbocycles. The number of fused-ring (bicyclic) bond motifs is 1. The lowest BCUT2D eigenvalue weighted by Crippen LogP contribution is -2.12. The lowest BCUT2D eigenvalue weighted by Gasteiger charge is -2.08. The first-order chi connectivity index (χ1) is 18.5. The zero-order valence-electron chi connectivity index (χ0n) is 20.4. The van der Waals surface area contributed by atoms with Gasteiger partial charge in [-0.25, -0.2) is 9.97 Å². The number of nitrogens with zero attached hydrogens (tertiary/aromatic N) is 2. The molecule has 3 heterocycles. The number of pyridine rings is 1. The molecule has 0 spiro atoms. The van der Waals surface area contributed by atoms with Gasteiger partial charge in [-0.3, -0.25) is 10.1 Å². The van der Waals surface area contributed by atoms with Gasteiger partial charge in [-0.15, -0.1) is 11.3 Å². The smallest absolute Gasteiger partial charge is 0.258 e. The fraction of sp³-hybridized carbons (Fsp3) is 0.0645. The third-order valence-electron chi connectivity index (χ3n) is 6.19. The van der Waals surface area contributed by atoms with Crippen molar-refractivity contribution in [3.8, 4) is 22.8 Å². The van der Waals surface area contributed by atoms with Crippen molar-refractivity contribution in [2.24, 2.45) is 0 Å². The first kappa shape index (κ1) is 24.1. The number of hydrogen-bond donors (Lipinski definition) is 1. The van der Waals surface area contributed by atoms with Crippen molar-refractivity contribution in [2.45, 2.75) is 13.3 Å². The van der Waals surface area contributed by atoms with Crippen LogP contribution in [0.25, 0.3) is 33.7 Å². The van der Waals surface area contributed by atoms with Gasteiger partial charge < -0.3 is 4.42 Å². The molecule has 0 fully saturated rings. The van der Waals surface area contributed by atoms with Crippen LogP contribution in [-0.2, 0) is 6.42 Å². The zero-order valence-corrected chi connectivity index (χ0v) is 22.0. The van der Waals surface area contributed by atoms with Crippen molar-refractivity contribution in [3.63, 3.8) is 0 Å². The van der Waals surface area contributed by atoms with Crippen LogP contribution in [0.15, 0.2) is 102 Å². The summed E-state index contributed by atoms with van der Waals surface area (Å²) in [5.41, 5.74) is 4.99. The van der Waals surface area contributed by atoms with E-state index in [4.69, 9.17) is 21.0 Å². The van der Waals surface area contributed by atoms with Crippen LogP contribution in [0.5, 0.6) is 0 Å². The van der Waals surface area contributed by atoms with Crippen LogP contribution in [0, 0.1) is 6.92 Å². The second kappa shape index (κ2) is 10.2. The Kier molecular flexibility index (Phi) is 6.50. The molecule has 0 saturated carbocycles. The number of carbonyl (C=O) groups is 1. The van der Waals surface area contributed by atoms with Gasteiger partial charge in [0.25, 0.3) is 5.91 Å². The minimum Gasteiger partial charge on any atom is -0.454 e. The van der Waals surface area contributed by atoms with Gasteiger partial charge in [0.1, 0.15) is 11.5 Å². The molecule has 5 nitrogen and oxygen atoms in total. The summed E-state index contributed by atoms with van der Waals surface area (Å²) in [6, 6.07) is 28.9. The summed E-state index contributed by atoms with van der Waals surface area (Å²) in [7, 11) is 0. The first-order valence-electron chi connectivity index (χ1n) is 12.1. The van der Waals surface area contributed by atoms with Gasteiger partial charge in [0.2, 0.25) is 0 Å². The molecule has 38 heavy (non-hydrogen) atoms. The summed E-state index contributed by atoms with van der Waals surface area (Å²) in [6.07, 6.45) is 2.58. The van der Waals surface area contributed by atoms with E-state index in [1.54, 1.807) is 6.07 Å². The van der Waals surface area contributed by atoms with Gasteiger partial charge >= 0.3 is 0 Å². The number of hydrogen-bond acceptors (Lipinski definition) is 5. The van der Waals surface area contributed by atoms with E-state index in [1.165, 1.54) is 22.5 Å². The number of aryl methyl sites for hydroxylation is 1. The first-order valence-corrected chi connectivity index (χ1v) is 13.3. The third kappa shape index (κ3) is 4.96. The minimum absolute atomic E-state index is 0.251. The Bertz CT molecular complexity index is 1790. The molecule has 0 aliphatic carbocycles. The fourth-order valence-electron chi connectivity index (χ4n) is 4.41. The average Bonchev–Trinajstić information content (AvgIpc) is 3.58. The van der Waals surface area contributed by atoms with Gasteiger partial charge in [-0.05, 0) is 48.9 Å². The highest BCUT2D eigenvalue weighted by Crippen LogP contribution is 2.33. The molecule has 0 unspecified atom stereocenters. The van der Waals surface area contributed by atoms with E-state index in [0.717, 1.165) is 22.2 Å². The van der Waals surface area contributed by atoms with Crippen LogP contribution >= 0.6 is 22.9 Å². The van der Waals surface area contributed by atoms with Crippen molar-refractivity contribution >= 4 is 44.9 Å². The second-order valence-electron chi connectivity index (χ2n) is 8.97. The number of furan rings is 1. The standard InChI is InChI=1S/C31H22ClN3O2S/c1-19-7-6-8-20(15-19)16-21-18-33-31(38-21)35-30(36)24-17-27(34-26-12-5-3-9-22(24)26)29-14-13-28(37-29)23-10-2-4-11-25(23)32/h2-15,17-18H,16H2,1H3,(H,33,35,36). The number of carbonyl (C=O) groups excluding carboxylic acids is 1. The molecule has 0 aliphatic rings. The average molecular weight is 536 g/mol. The molecular weight excluding hydrogens is 514 g/mol. The summed E-state index contributed by atoms with van der Waals surface area (Å²) in [5, 5.41) is 4.89. The van der Waals surface area contributed by atoms with E-state index in [1.807, 2.05) is 66.9 Å². The predicted molar refractivity (Wildman–Crippen MR) is 154 cm³/mol. The molecule has 6 rings (SSSR count). The molecule has 1 N–H and O–H groups in total. The van der Waals surface area contributed by atoms with Gasteiger partial charge in [0.15, 0.2) is 10.9 Å². The van der Waals surface area contributed by atoms with E-state index in [-0.39, 0.29) is 5.91 Å². The molecule has 0 atom stereocenters. The molecule has 0 aliphatic heterocycles. The van der Waals surface area contributed by atoms with Crippen molar-refractivity contribution in [1.82, 2.24) is 9.97 Å². The summed E-state index contributed by atoms with van der Waals surface area (Å²) in [4.78, 5) is 23.8. The van der Waals surface area contributed by atoms with Crippen LogP contribution in [0.2, 0.25) is 5.02 Å². The second-order valence-corrected chi connectivity index (χ2v) is 10.5. The Morgan fingerprint density at radius 3 is 2.63 bits per heavy atom. The molecule has 6 aromatic rings. The summed E-state index contributed by atoms with van der Waals surface area (Å²) < 4.78 is 6.12. The molecular formula is C31H22ClN3O2S. The number of rotatable bonds is 6. The van der Waals surface area contributed by atoms with Crippen LogP contribution in [0.1, 0.15) is 26.4 Å². The minimum atomic E-state index is -0.251. The molecule has 0 saturated heterocycles. The highest BCUT2D eigenvalue weighted by atomic mass is 35.5. The van der Waals surface area contributed by atoms with Crippen molar-refractivity contribution in [3.05, 3.63) is 124 Å². The van der Waals surface area contributed by atoms with Crippen LogP contribution < -0.4 is 5.32 Å². The summed E-state index contributed by atoms with van der Waals surface area (Å²) in [5.74, 6) is 0.934. The largest absolute Gasteiger partial charge is 0.454 e. The fourth-order valence-corrected chi connectivity index (χ4v) is 5.48. The number of anilines is 1. The topological polar surface area (TPSA) is 68.0 Å². The molecule has 186 valence electrons. The van der Waals surface area contributed by atoms with E-state index >= 15 is 0 Å². The van der Waals surface area contributed by atoms with Crippen LogP contribution in [0.3, 0.4) is 0 Å². The normalized spacial score (nSPS) is 11.1. The number of halogens is 1. The maximum atomic E-state index is 13.5. The SMILES string of the molecule is Cc1cccc(Cc2cnc(NC(=O)c3cc(-c4ccc(-c5ccccc5Cl)o4)nc4ccccc34)s2)c1. The molecule has 3 aromatic heterocycles. The number of aromatic nitrogens is 2. The molecule has 0 radical (unpaired) electrons. The van der Waals surface area contributed by atoms with E-state index in [9.17, 15) is 4.79 Å². The number of amides is 1. The number of thiazole rings is 1. The summed E-state index contributed by atoms with van der Waals surface area (Å²) in [6.45, 7) is 2.08. The summed E-state index contributed by atoms with van der Waals surface area (Å²) >= 11 is 7.83. The molecule has 7 heteroatoms. The highest BCUT2D eigenvalue weighted by molar-refractivity contribution is 7.15. The maximum Gasteiger partial charge on any atom is 0.258 e. The highest BCUT2D eigenvalue weighted by Gasteiger charge is 2.18. The quantitative estimate of drug-likeness (QED) is 0.232. The zero-order chi connectivity index (χ0) is 26.1. The van der Waals surface area contributed by atoms with Crippen molar-refractivity contribution in [1.29, 1.82) is 0 Å². The Morgan fingerprint density at radius 2 is 1.76 bits per heavy atom. The van der Waals surface area contributed by atoms with Crippen LogP contribution in [-0.4, -0.2) is 15.9 Å². The van der Waals surface area contributed by atoms with E-state index in [0.29, 0.717) is 38.4 Å². The number of benzene rings is 3. The monoisotopic (exact) mass is 535 g/mol. The number of nitrogens with one attached hydrogen (secondary N) is 1.